The van der Waals surface area contributed by atoms with E-state index in [1.165, 1.54) is 48.7 Å². The summed E-state index contributed by atoms with van der Waals surface area (Å²) in [5.74, 6) is -1.95. The Morgan fingerprint density at radius 2 is 1.66 bits per heavy atom. The Kier molecular flexibility index (Phi) is 12.0. The third kappa shape index (κ3) is 9.35. The predicted molar refractivity (Wildman–Crippen MR) is 185 cm³/mol. The minimum absolute atomic E-state index is 0.0956. The van der Waals surface area contributed by atoms with Crippen molar-refractivity contribution in [1.29, 1.82) is 0 Å². The summed E-state index contributed by atoms with van der Waals surface area (Å²) in [5, 5.41) is 17.8. The number of amides is 2. The maximum absolute atomic E-state index is 13.4. The number of nitro groups is 1. The van der Waals surface area contributed by atoms with E-state index in [-0.39, 0.29) is 33.3 Å². The molecule has 0 aliphatic heterocycles. The Balaban J connectivity index is 1.56. The molecule has 0 radical (unpaired) electrons. The molecule has 13 heteroatoms. The lowest BCUT2D eigenvalue weighted by molar-refractivity contribution is -0.384. The second-order valence-corrected chi connectivity index (χ2v) is 11.2. The van der Waals surface area contributed by atoms with Crippen molar-refractivity contribution in [1.82, 2.24) is 10.7 Å². The average molecular weight is 719 g/mol. The fourth-order valence-corrected chi connectivity index (χ4v) is 4.94. The number of hydrazone groups is 1. The van der Waals surface area contributed by atoms with Crippen LogP contribution >= 0.6 is 27.5 Å². The molecule has 0 aliphatic rings. The molecule has 2 amide bonds. The SMILES string of the molecule is CCN(CC)c1ccc(/C=C(/NC(=O)c2ccccc2Cl)C(=O)N/N=C/c2cc(Br)ccc2OC(=O)c2ccc([N+](=O)[O-])cc2)cc1. The quantitative estimate of drug-likeness (QED) is 0.0401. The van der Waals surface area contributed by atoms with Gasteiger partial charge in [-0.2, -0.15) is 5.10 Å². The van der Waals surface area contributed by atoms with E-state index in [1.807, 2.05) is 24.3 Å². The van der Waals surface area contributed by atoms with Gasteiger partial charge in [0.2, 0.25) is 0 Å². The summed E-state index contributed by atoms with van der Waals surface area (Å²) >= 11 is 9.58. The van der Waals surface area contributed by atoms with E-state index in [1.54, 1.807) is 30.3 Å². The molecule has 0 heterocycles. The van der Waals surface area contributed by atoms with Crippen molar-refractivity contribution in [3.8, 4) is 5.75 Å². The van der Waals surface area contributed by atoms with Gasteiger partial charge in [-0.3, -0.25) is 19.7 Å². The van der Waals surface area contributed by atoms with E-state index in [0.29, 0.717) is 15.6 Å². The standard InChI is InChI=1S/C34H29BrClN5O6/c1-3-40(4-2)26-14-9-22(10-15-26)19-30(38-32(42)28-7-5-6-8-29(28)36)33(43)39-37-21-24-20-25(35)13-18-31(24)47-34(44)23-11-16-27(17-12-23)41(45)46/h5-21H,3-4H2,1-2H3,(H,38,42)(H,39,43)/b30-19+,37-21+. The van der Waals surface area contributed by atoms with Crippen LogP contribution in [0.3, 0.4) is 0 Å². The smallest absolute Gasteiger partial charge is 0.343 e. The van der Waals surface area contributed by atoms with Gasteiger partial charge in [-0.15, -0.1) is 0 Å². The summed E-state index contributed by atoms with van der Waals surface area (Å²) in [6.07, 6.45) is 2.79. The van der Waals surface area contributed by atoms with Crippen LogP contribution in [0.4, 0.5) is 11.4 Å². The zero-order valence-electron chi connectivity index (χ0n) is 25.3. The van der Waals surface area contributed by atoms with Gasteiger partial charge in [0.25, 0.3) is 17.5 Å². The highest BCUT2D eigenvalue weighted by Crippen LogP contribution is 2.24. The molecule has 4 aromatic rings. The van der Waals surface area contributed by atoms with E-state index < -0.39 is 22.7 Å². The van der Waals surface area contributed by atoms with Crippen LogP contribution in [0.15, 0.2) is 106 Å². The molecule has 240 valence electrons. The molecule has 0 saturated heterocycles. The number of rotatable bonds is 12. The van der Waals surface area contributed by atoms with E-state index in [0.717, 1.165) is 18.8 Å². The first kappa shape index (κ1) is 34.5. The minimum atomic E-state index is -0.750. The van der Waals surface area contributed by atoms with E-state index in [9.17, 15) is 24.5 Å². The molecule has 0 aromatic heterocycles. The van der Waals surface area contributed by atoms with Gasteiger partial charge in [0.15, 0.2) is 0 Å². The molecule has 4 rings (SSSR count). The lowest BCUT2D eigenvalue weighted by Gasteiger charge is -2.21. The molecular weight excluding hydrogens is 690 g/mol. The van der Waals surface area contributed by atoms with Crippen LogP contribution in [0, 0.1) is 10.1 Å². The number of carbonyl (C=O) groups is 3. The number of benzene rings is 4. The summed E-state index contributed by atoms with van der Waals surface area (Å²) in [6.45, 7) is 5.79. The number of non-ortho nitro benzene ring substituents is 1. The molecule has 0 atom stereocenters. The highest BCUT2D eigenvalue weighted by atomic mass is 79.9. The van der Waals surface area contributed by atoms with Gasteiger partial charge >= 0.3 is 5.97 Å². The fourth-order valence-electron chi connectivity index (χ4n) is 4.34. The maximum atomic E-state index is 13.4. The van der Waals surface area contributed by atoms with Crippen molar-refractivity contribution in [3.63, 3.8) is 0 Å². The lowest BCUT2D eigenvalue weighted by Crippen LogP contribution is -2.33. The number of ether oxygens (including phenoxy) is 1. The van der Waals surface area contributed by atoms with Crippen molar-refractivity contribution >= 4 is 69.0 Å². The summed E-state index contributed by atoms with van der Waals surface area (Å²) in [6, 6.07) is 23.7. The molecule has 0 saturated carbocycles. The molecule has 11 nitrogen and oxygen atoms in total. The van der Waals surface area contributed by atoms with Crippen LogP contribution in [0.2, 0.25) is 5.02 Å². The van der Waals surface area contributed by atoms with Crippen molar-refractivity contribution in [2.24, 2.45) is 5.10 Å². The first-order valence-corrected chi connectivity index (χ1v) is 15.5. The fraction of sp³-hybridized carbons (Fsp3) is 0.118. The lowest BCUT2D eigenvalue weighted by atomic mass is 10.1. The van der Waals surface area contributed by atoms with Crippen molar-refractivity contribution in [2.75, 3.05) is 18.0 Å². The van der Waals surface area contributed by atoms with Crippen LogP contribution < -0.4 is 20.4 Å². The number of nitrogens with zero attached hydrogens (tertiary/aromatic N) is 3. The summed E-state index contributed by atoms with van der Waals surface area (Å²) in [7, 11) is 0. The van der Waals surface area contributed by atoms with Crippen molar-refractivity contribution in [2.45, 2.75) is 13.8 Å². The molecular formula is C34H29BrClN5O6. The van der Waals surface area contributed by atoms with Crippen LogP contribution in [0.25, 0.3) is 6.08 Å². The molecule has 4 aromatic carbocycles. The molecule has 2 N–H and O–H groups in total. The van der Waals surface area contributed by atoms with Gasteiger partial charge in [0.1, 0.15) is 11.4 Å². The molecule has 0 unspecified atom stereocenters. The first-order chi connectivity index (χ1) is 22.6. The largest absolute Gasteiger partial charge is 0.422 e. The third-order valence-electron chi connectivity index (χ3n) is 6.80. The van der Waals surface area contributed by atoms with E-state index in [2.05, 4.69) is 50.5 Å². The number of hydrogen-bond donors (Lipinski definition) is 2. The van der Waals surface area contributed by atoms with Gasteiger partial charge in [-0.1, -0.05) is 51.8 Å². The van der Waals surface area contributed by atoms with Crippen LogP contribution in [0.1, 0.15) is 45.7 Å². The van der Waals surface area contributed by atoms with Crippen molar-refractivity contribution < 1.29 is 24.0 Å². The zero-order chi connectivity index (χ0) is 33.9. The minimum Gasteiger partial charge on any atom is -0.422 e. The van der Waals surface area contributed by atoms with Gasteiger partial charge in [0, 0.05) is 40.9 Å². The number of carbonyl (C=O) groups excluding carboxylic acids is 3. The van der Waals surface area contributed by atoms with E-state index >= 15 is 0 Å². The third-order valence-corrected chi connectivity index (χ3v) is 7.62. The van der Waals surface area contributed by atoms with Gasteiger partial charge in [0.05, 0.1) is 27.3 Å². The zero-order valence-corrected chi connectivity index (χ0v) is 27.6. The number of halogens is 2. The van der Waals surface area contributed by atoms with Crippen molar-refractivity contribution in [3.05, 3.63) is 139 Å². The summed E-state index contributed by atoms with van der Waals surface area (Å²) in [5.41, 5.74) is 4.43. The first-order valence-electron chi connectivity index (χ1n) is 14.3. The maximum Gasteiger partial charge on any atom is 0.343 e. The Bertz CT molecular complexity index is 1840. The van der Waals surface area contributed by atoms with Crippen LogP contribution in [0.5, 0.6) is 5.75 Å². The average Bonchev–Trinajstić information content (AvgIpc) is 3.07. The normalized spacial score (nSPS) is 11.2. The van der Waals surface area contributed by atoms with Crippen LogP contribution in [-0.2, 0) is 4.79 Å². The number of hydrogen-bond acceptors (Lipinski definition) is 8. The summed E-state index contributed by atoms with van der Waals surface area (Å²) < 4.78 is 6.15. The van der Waals surface area contributed by atoms with E-state index in [4.69, 9.17) is 16.3 Å². The van der Waals surface area contributed by atoms with Gasteiger partial charge in [-0.25, -0.2) is 10.2 Å². The predicted octanol–water partition coefficient (Wildman–Crippen LogP) is 7.00. The summed E-state index contributed by atoms with van der Waals surface area (Å²) in [4.78, 5) is 51.7. The number of nitro benzene ring substituents is 1. The van der Waals surface area contributed by atoms with Gasteiger partial charge < -0.3 is 15.0 Å². The Morgan fingerprint density at radius 1 is 0.979 bits per heavy atom. The Labute approximate surface area is 284 Å². The number of nitrogens with one attached hydrogen (secondary N) is 2. The Hall–Kier alpha value is -5.33. The molecule has 0 spiro atoms. The second kappa shape index (κ2) is 16.3. The molecule has 47 heavy (non-hydrogen) atoms. The number of anilines is 1. The number of esters is 1. The van der Waals surface area contributed by atoms with Gasteiger partial charge in [-0.05, 0) is 80.1 Å². The topological polar surface area (TPSA) is 143 Å². The van der Waals surface area contributed by atoms with Crippen LogP contribution in [-0.4, -0.2) is 42.0 Å². The molecule has 0 fully saturated rings. The molecule has 0 bridgehead atoms. The second-order valence-electron chi connectivity index (χ2n) is 9.83. The monoisotopic (exact) mass is 717 g/mol. The Morgan fingerprint density at radius 3 is 2.30 bits per heavy atom. The highest BCUT2D eigenvalue weighted by molar-refractivity contribution is 9.10. The molecule has 0 aliphatic carbocycles. The highest BCUT2D eigenvalue weighted by Gasteiger charge is 2.17.